The molecule has 0 spiro atoms. The molecule has 0 aliphatic carbocycles. The molecule has 0 atom stereocenters. The van der Waals surface area contributed by atoms with Gasteiger partial charge >= 0.3 is 107 Å². The monoisotopic (exact) mass is 1220 g/mol. The molecule has 147 valence electrons. The third kappa shape index (κ3) is 527. The van der Waals surface area contributed by atoms with E-state index < -0.39 is 61.6 Å². The van der Waals surface area contributed by atoms with E-state index in [-0.39, 0.29) is 244 Å². The van der Waals surface area contributed by atoms with Crippen molar-refractivity contribution in [3.63, 3.8) is 0 Å². The van der Waals surface area contributed by atoms with Crippen molar-refractivity contribution in [3.8, 4) is 0 Å². The van der Waals surface area contributed by atoms with Crippen LogP contribution >= 0.6 is 54.0 Å². The summed E-state index contributed by atoms with van der Waals surface area (Å²) in [5.41, 5.74) is 0. The van der Waals surface area contributed by atoms with Crippen LogP contribution in [0, 0.1) is 49.4 Å². The molecule has 0 saturated heterocycles. The summed E-state index contributed by atoms with van der Waals surface area (Å²) in [5, 5.41) is 0. The van der Waals surface area contributed by atoms with Gasteiger partial charge in [0.2, 0.25) is 0 Å². The normalized spacial score (nSPS) is 3.70. The van der Waals surface area contributed by atoms with Gasteiger partial charge in [-0.15, -0.1) is 0 Å². The molecule has 0 heterocycles. The van der Waals surface area contributed by atoms with Crippen molar-refractivity contribution < 1.29 is 297 Å². The maximum absolute atomic E-state index is 8.67. The maximum Gasteiger partial charge on any atom is 0 e. The van der Waals surface area contributed by atoms with Crippen LogP contribution in [0.15, 0.2) is 0 Å². The van der Waals surface area contributed by atoms with Crippen LogP contribution in [-0.4, -0.2) is 16.1 Å². The first-order valence-electron chi connectivity index (χ1n) is 2.26. The fourth-order valence-corrected chi connectivity index (χ4v) is 0. The van der Waals surface area contributed by atoms with E-state index in [0.717, 1.165) is 0 Å². The average Bonchev–Trinajstić information content (AvgIpc) is 1.76. The molecular formula is H12Cd3EuO12S4V4Zn3. The van der Waals surface area contributed by atoms with Crippen molar-refractivity contribution in [2.75, 3.05) is 0 Å². The fraction of sp³-hybridized carbons (Fsp3) is 0. The largest absolute Gasteiger partial charge is 0 e. The second kappa shape index (κ2) is 92.4. The Balaban J connectivity index is -0.00000000482. The summed E-state index contributed by atoms with van der Waals surface area (Å²) in [6.45, 7) is 0. The van der Waals surface area contributed by atoms with E-state index in [1.807, 2.05) is 0 Å². The predicted octanol–water partition coefficient (Wildman–Crippen LogP) is -2.75. The van der Waals surface area contributed by atoms with E-state index in [4.69, 9.17) is 45.5 Å². The van der Waals surface area contributed by atoms with Crippen LogP contribution in [0.5, 0.6) is 0 Å². The summed E-state index contributed by atoms with van der Waals surface area (Å²) in [6, 6.07) is 0. The van der Waals surface area contributed by atoms with Gasteiger partial charge in [0.05, 0.1) is 0 Å². The quantitative estimate of drug-likeness (QED) is 0.182. The van der Waals surface area contributed by atoms with E-state index in [2.05, 4.69) is 0 Å². The predicted molar refractivity (Wildman–Crippen MR) is 55.9 cm³/mol. The fourth-order valence-electron chi connectivity index (χ4n) is 0. The Morgan fingerprint density at radius 2 is 0.370 bits per heavy atom. The second-order valence-electron chi connectivity index (χ2n) is 0.951. The van der Waals surface area contributed by atoms with E-state index in [9.17, 15) is 0 Å². The number of rotatable bonds is 0. The van der Waals surface area contributed by atoms with Crippen molar-refractivity contribution in [2.24, 2.45) is 0 Å². The minimum absolute atomic E-state index is 0. The van der Waals surface area contributed by atoms with Crippen molar-refractivity contribution in [1.82, 2.24) is 0 Å². The van der Waals surface area contributed by atoms with Crippen LogP contribution < -0.4 is 0 Å². The molecule has 0 aliphatic heterocycles. The van der Waals surface area contributed by atoms with Gasteiger partial charge in [-0.3, -0.25) is 0 Å². The van der Waals surface area contributed by atoms with Gasteiger partial charge in [-0.2, -0.15) is 54.0 Å². The summed E-state index contributed by atoms with van der Waals surface area (Å²) in [7, 11) is 0. The molecule has 0 aliphatic rings. The molecule has 1 radical (unpaired) electrons. The Morgan fingerprint density at radius 3 is 0.370 bits per heavy atom. The van der Waals surface area contributed by atoms with Gasteiger partial charge in [0.1, 0.15) is 0 Å². The molecule has 27 heavy (non-hydrogen) atoms. The molecule has 4 N–H and O–H groups in total. The van der Waals surface area contributed by atoms with Crippen LogP contribution in [0.1, 0.15) is 0 Å². The van der Waals surface area contributed by atoms with Gasteiger partial charge in [-0.05, 0) is 0 Å². The Bertz CT molecular complexity index is 334. The minimum Gasteiger partial charge on any atom is 0 e. The summed E-state index contributed by atoms with van der Waals surface area (Å²) < 4.78 is 97.8. The molecule has 27 heteroatoms. The molecular weight excluding hydrogens is 1210 g/mol. The molecule has 0 rings (SSSR count). The molecule has 0 aromatic rings. The standard InChI is InChI=1S/3Cd.Eu.4H2O.8O.4H2S.4V.3Zn/h;;;;4*1H2;;;;;;;;;4*1H2;;;;;;;/q;;;;;;;;;;;;;;;;;;;;4*+1;;;/p-4. The SMILES string of the molecule is S.S.S.S.[Cd].[Cd].[Cd].[Eu].[O]=[V](=[O])[OH].[O]=[V](=[O])[OH].[O]=[V](=[O])[OH].[O]=[V](=[O])[OH].[Zn].[Zn].[Zn]. The summed E-state index contributed by atoms with van der Waals surface area (Å²) in [4.78, 5) is 0. The Kier molecular flexibility index (Phi) is 345. The molecule has 0 unspecified atom stereocenters. The zero-order valence-electron chi connectivity index (χ0n) is 13.5. The Hall–Kier alpha value is 8.20. The van der Waals surface area contributed by atoms with Gasteiger partial charge in [0, 0.05) is 190 Å². The molecule has 0 bridgehead atoms. The Labute approximate surface area is 342 Å². The van der Waals surface area contributed by atoms with Crippen LogP contribution in [-0.2, 0) is 231 Å². The zero-order valence-corrected chi connectivity index (χ0v) is 46.5. The van der Waals surface area contributed by atoms with Gasteiger partial charge < -0.3 is 0 Å². The molecule has 0 aromatic carbocycles. The van der Waals surface area contributed by atoms with Crippen LogP contribution in [0.25, 0.3) is 0 Å². The summed E-state index contributed by atoms with van der Waals surface area (Å²) in [5.74, 6) is 0. The smallest absolute Gasteiger partial charge is 0 e. The van der Waals surface area contributed by atoms with E-state index >= 15 is 0 Å². The first-order valence-corrected chi connectivity index (χ1v) is 9.32. The molecule has 0 fully saturated rings. The molecule has 0 saturated carbocycles. The van der Waals surface area contributed by atoms with Crippen molar-refractivity contribution in [2.45, 2.75) is 0 Å². The Morgan fingerprint density at radius 1 is 0.370 bits per heavy atom. The molecule has 0 aromatic heterocycles. The first-order chi connectivity index (χ1) is 6.93. The van der Waals surface area contributed by atoms with Gasteiger partial charge in [-0.1, -0.05) is 0 Å². The van der Waals surface area contributed by atoms with E-state index in [1.165, 1.54) is 0 Å². The van der Waals surface area contributed by atoms with Gasteiger partial charge in [0.15, 0.2) is 0 Å². The molecule has 0 amide bonds. The third-order valence-electron chi connectivity index (χ3n) is 0. The van der Waals surface area contributed by atoms with E-state index in [0.29, 0.717) is 0 Å². The minimum atomic E-state index is -3.69. The zero-order chi connectivity index (χ0) is 14.3. The van der Waals surface area contributed by atoms with E-state index in [1.54, 1.807) is 0 Å². The van der Waals surface area contributed by atoms with Gasteiger partial charge in [0.25, 0.3) is 0 Å². The average molecular weight is 1220 g/mol. The third-order valence-corrected chi connectivity index (χ3v) is 0. The maximum atomic E-state index is 8.67. The first kappa shape index (κ1) is 101. The summed E-state index contributed by atoms with van der Waals surface area (Å²) in [6.07, 6.45) is 0. The van der Waals surface area contributed by atoms with Crippen molar-refractivity contribution in [3.05, 3.63) is 0 Å². The molecule has 12 nitrogen and oxygen atoms in total. The number of hydrogen-bond donors (Lipinski definition) is 4. The van der Waals surface area contributed by atoms with Crippen LogP contribution in [0.3, 0.4) is 0 Å². The topological polar surface area (TPSA) is 217 Å². The van der Waals surface area contributed by atoms with Crippen LogP contribution in [0.4, 0.5) is 0 Å². The second-order valence-corrected chi connectivity index (χ2v) is 3.92. The number of hydrogen-bond acceptors (Lipinski definition) is 8. The van der Waals surface area contributed by atoms with Crippen molar-refractivity contribution >= 4 is 54.0 Å². The van der Waals surface area contributed by atoms with Gasteiger partial charge in [-0.25, -0.2) is 0 Å². The summed E-state index contributed by atoms with van der Waals surface area (Å²) >= 11 is -14.8. The van der Waals surface area contributed by atoms with Crippen LogP contribution in [0.2, 0.25) is 0 Å². The van der Waals surface area contributed by atoms with Crippen molar-refractivity contribution in [1.29, 1.82) is 0 Å².